The summed E-state index contributed by atoms with van der Waals surface area (Å²) in [5.41, 5.74) is 4.99. The molecule has 7 heteroatoms. The maximum absolute atomic E-state index is 12.4. The second-order valence-corrected chi connectivity index (χ2v) is 9.22. The van der Waals surface area contributed by atoms with Crippen molar-refractivity contribution in [2.24, 2.45) is 0 Å². The van der Waals surface area contributed by atoms with E-state index in [9.17, 15) is 9.59 Å². The van der Waals surface area contributed by atoms with Crippen LogP contribution in [0.25, 0.3) is 5.65 Å². The van der Waals surface area contributed by atoms with E-state index in [-0.39, 0.29) is 17.7 Å². The molecule has 0 radical (unpaired) electrons. The minimum atomic E-state index is 0.134. The SMILES string of the molecule is CCCC(=O)N1CC[C@@H](c2cc3nc(C)c(CCC(=O)NC4CCCC4)c(C)n3n2)C1. The number of fused-ring (bicyclic) bond motifs is 1. The molecule has 31 heavy (non-hydrogen) atoms. The van der Waals surface area contributed by atoms with E-state index in [4.69, 9.17) is 10.1 Å². The molecule has 3 heterocycles. The van der Waals surface area contributed by atoms with Crippen LogP contribution >= 0.6 is 0 Å². The summed E-state index contributed by atoms with van der Waals surface area (Å²) in [5.74, 6) is 0.648. The lowest BCUT2D eigenvalue weighted by Crippen LogP contribution is -2.32. The van der Waals surface area contributed by atoms with Gasteiger partial charge in [0.2, 0.25) is 11.8 Å². The number of aromatic nitrogens is 3. The lowest BCUT2D eigenvalue weighted by molar-refractivity contribution is -0.130. The van der Waals surface area contributed by atoms with Gasteiger partial charge >= 0.3 is 0 Å². The first-order valence-corrected chi connectivity index (χ1v) is 11.9. The summed E-state index contributed by atoms with van der Waals surface area (Å²) in [7, 11) is 0. The Morgan fingerprint density at radius 1 is 1.16 bits per heavy atom. The van der Waals surface area contributed by atoms with Crippen molar-refractivity contribution in [3.63, 3.8) is 0 Å². The molecule has 1 aliphatic carbocycles. The van der Waals surface area contributed by atoms with Gasteiger partial charge in [-0.3, -0.25) is 9.59 Å². The predicted molar refractivity (Wildman–Crippen MR) is 120 cm³/mol. The molecule has 1 saturated heterocycles. The van der Waals surface area contributed by atoms with E-state index in [2.05, 4.69) is 18.3 Å². The molecule has 2 amide bonds. The average molecular weight is 426 g/mol. The van der Waals surface area contributed by atoms with Crippen molar-refractivity contribution < 1.29 is 9.59 Å². The lowest BCUT2D eigenvalue weighted by atomic mass is 10.1. The molecule has 2 fully saturated rings. The summed E-state index contributed by atoms with van der Waals surface area (Å²) in [4.78, 5) is 31.4. The molecule has 2 aromatic heterocycles. The maximum atomic E-state index is 12.4. The number of amides is 2. The molecule has 2 aliphatic rings. The number of hydrogen-bond acceptors (Lipinski definition) is 4. The molecule has 7 nitrogen and oxygen atoms in total. The number of aryl methyl sites for hydroxylation is 2. The predicted octanol–water partition coefficient (Wildman–Crippen LogP) is 3.45. The Kier molecular flexibility index (Phi) is 6.58. The van der Waals surface area contributed by atoms with E-state index in [0.717, 1.165) is 67.1 Å². The Morgan fingerprint density at radius 2 is 1.94 bits per heavy atom. The molecule has 0 aromatic carbocycles. The minimum Gasteiger partial charge on any atom is -0.353 e. The Hall–Kier alpha value is -2.44. The summed E-state index contributed by atoms with van der Waals surface area (Å²) in [6.07, 6.45) is 8.27. The number of rotatable bonds is 7. The highest BCUT2D eigenvalue weighted by atomic mass is 16.2. The van der Waals surface area contributed by atoms with Crippen LogP contribution in [0.2, 0.25) is 0 Å². The summed E-state index contributed by atoms with van der Waals surface area (Å²) in [6.45, 7) is 7.68. The fourth-order valence-electron chi connectivity index (χ4n) is 5.11. The molecule has 0 bridgehead atoms. The van der Waals surface area contributed by atoms with Gasteiger partial charge < -0.3 is 10.2 Å². The third kappa shape index (κ3) is 4.75. The van der Waals surface area contributed by atoms with E-state index in [0.29, 0.717) is 25.3 Å². The summed E-state index contributed by atoms with van der Waals surface area (Å²) in [6, 6.07) is 2.42. The van der Waals surface area contributed by atoms with Gasteiger partial charge in [-0.1, -0.05) is 19.8 Å². The third-order valence-corrected chi connectivity index (χ3v) is 6.93. The highest BCUT2D eigenvalue weighted by Crippen LogP contribution is 2.28. The Bertz CT molecular complexity index is 961. The fraction of sp³-hybridized carbons (Fsp3) is 0.667. The van der Waals surface area contributed by atoms with E-state index < -0.39 is 0 Å². The normalized spacial score (nSPS) is 19.5. The molecule has 1 N–H and O–H groups in total. The number of likely N-dealkylation sites (tertiary alicyclic amines) is 1. The zero-order chi connectivity index (χ0) is 22.0. The van der Waals surface area contributed by atoms with Crippen LogP contribution in [0, 0.1) is 13.8 Å². The standard InChI is InChI=1S/C24H35N5O2/c1-4-7-24(31)28-13-12-18(15-28)21-14-22-25-16(2)20(17(3)29(22)27-21)10-11-23(30)26-19-8-5-6-9-19/h14,18-19H,4-13,15H2,1-3H3,(H,26,30)/t18-/m1/s1. The van der Waals surface area contributed by atoms with Crippen LogP contribution < -0.4 is 5.32 Å². The van der Waals surface area contributed by atoms with Crippen molar-refractivity contribution in [1.29, 1.82) is 0 Å². The van der Waals surface area contributed by atoms with Crippen molar-refractivity contribution in [2.75, 3.05) is 13.1 Å². The molecule has 4 rings (SSSR count). The molecule has 168 valence electrons. The third-order valence-electron chi connectivity index (χ3n) is 6.93. The molecule has 1 saturated carbocycles. The van der Waals surface area contributed by atoms with E-state index in [1.54, 1.807) is 0 Å². The molecule has 1 aliphatic heterocycles. The highest BCUT2D eigenvalue weighted by molar-refractivity contribution is 5.77. The largest absolute Gasteiger partial charge is 0.353 e. The van der Waals surface area contributed by atoms with Gasteiger partial charge in [0.15, 0.2) is 5.65 Å². The van der Waals surface area contributed by atoms with Gasteiger partial charge in [0.1, 0.15) is 0 Å². The lowest BCUT2D eigenvalue weighted by Gasteiger charge is -2.15. The second kappa shape index (κ2) is 9.37. The van der Waals surface area contributed by atoms with Gasteiger partial charge in [0, 0.05) is 55.3 Å². The first-order valence-electron chi connectivity index (χ1n) is 11.9. The first-order chi connectivity index (χ1) is 15.0. The molecular weight excluding hydrogens is 390 g/mol. The zero-order valence-electron chi connectivity index (χ0n) is 19.1. The topological polar surface area (TPSA) is 79.6 Å². The fourth-order valence-corrected chi connectivity index (χ4v) is 5.11. The van der Waals surface area contributed by atoms with Gasteiger partial charge in [0.05, 0.1) is 5.69 Å². The van der Waals surface area contributed by atoms with Gasteiger partial charge in [-0.05, 0) is 51.5 Å². The van der Waals surface area contributed by atoms with Crippen LogP contribution in [0.15, 0.2) is 6.07 Å². The maximum Gasteiger partial charge on any atom is 0.222 e. The Morgan fingerprint density at radius 3 is 2.68 bits per heavy atom. The van der Waals surface area contributed by atoms with E-state index in [1.807, 2.05) is 23.3 Å². The van der Waals surface area contributed by atoms with Crippen molar-refractivity contribution in [3.8, 4) is 0 Å². The summed E-state index contributed by atoms with van der Waals surface area (Å²) in [5, 5.41) is 8.04. The molecule has 0 spiro atoms. The number of carbonyl (C=O) groups excluding carboxylic acids is 2. The van der Waals surface area contributed by atoms with Crippen molar-refractivity contribution in [3.05, 3.63) is 28.7 Å². The molecular formula is C24H35N5O2. The second-order valence-electron chi connectivity index (χ2n) is 9.22. The van der Waals surface area contributed by atoms with Crippen molar-refractivity contribution in [1.82, 2.24) is 24.8 Å². The van der Waals surface area contributed by atoms with Crippen molar-refractivity contribution in [2.45, 2.75) is 90.5 Å². The molecule has 1 atom stereocenters. The average Bonchev–Trinajstić information content (AvgIpc) is 3.48. The number of nitrogens with zero attached hydrogens (tertiary/aromatic N) is 4. The summed E-state index contributed by atoms with van der Waals surface area (Å²) >= 11 is 0. The monoisotopic (exact) mass is 425 g/mol. The highest BCUT2D eigenvalue weighted by Gasteiger charge is 2.29. The van der Waals surface area contributed by atoms with Crippen LogP contribution in [-0.4, -0.2) is 50.4 Å². The Labute approximate surface area is 184 Å². The first kappa shape index (κ1) is 21.8. The van der Waals surface area contributed by atoms with Crippen LogP contribution in [0.1, 0.15) is 86.9 Å². The number of carbonyl (C=O) groups is 2. The zero-order valence-corrected chi connectivity index (χ0v) is 19.1. The van der Waals surface area contributed by atoms with E-state index >= 15 is 0 Å². The number of nitrogens with one attached hydrogen (secondary N) is 1. The number of hydrogen-bond donors (Lipinski definition) is 1. The minimum absolute atomic E-state index is 0.134. The van der Waals surface area contributed by atoms with E-state index in [1.165, 1.54) is 12.8 Å². The molecule has 2 aromatic rings. The van der Waals surface area contributed by atoms with Crippen LogP contribution in [0.5, 0.6) is 0 Å². The van der Waals surface area contributed by atoms with Crippen molar-refractivity contribution >= 4 is 17.5 Å². The summed E-state index contributed by atoms with van der Waals surface area (Å²) < 4.78 is 1.92. The van der Waals surface area contributed by atoms with Crippen LogP contribution in [-0.2, 0) is 16.0 Å². The Balaban J connectivity index is 1.45. The van der Waals surface area contributed by atoms with Gasteiger partial charge in [-0.15, -0.1) is 0 Å². The van der Waals surface area contributed by atoms with Gasteiger partial charge in [-0.25, -0.2) is 9.50 Å². The van der Waals surface area contributed by atoms with Crippen LogP contribution in [0.4, 0.5) is 0 Å². The van der Waals surface area contributed by atoms with Gasteiger partial charge in [0.25, 0.3) is 0 Å². The van der Waals surface area contributed by atoms with Gasteiger partial charge in [-0.2, -0.15) is 5.10 Å². The van der Waals surface area contributed by atoms with Crippen LogP contribution in [0.3, 0.4) is 0 Å². The smallest absolute Gasteiger partial charge is 0.222 e. The quantitative estimate of drug-likeness (QED) is 0.737. The molecule has 0 unspecified atom stereocenters.